The zero-order valence-electron chi connectivity index (χ0n) is 10.2. The standard InChI is InChI=1S/C12H19N3OS/c1-2-4-9-7-11(16)15-12(14-9)17-8-10-5-3-6-13-10/h7,10,13H,2-6,8H2,1H3,(H,14,15,16)/t10-/m1/s1. The molecule has 0 amide bonds. The van der Waals surface area contributed by atoms with Gasteiger partial charge < -0.3 is 10.3 Å². The minimum absolute atomic E-state index is 0.0367. The third-order valence-electron chi connectivity index (χ3n) is 2.86. The largest absolute Gasteiger partial charge is 0.313 e. The maximum atomic E-state index is 11.5. The molecule has 0 spiro atoms. The van der Waals surface area contributed by atoms with Crippen LogP contribution in [0.1, 0.15) is 31.9 Å². The van der Waals surface area contributed by atoms with E-state index in [1.54, 1.807) is 17.8 Å². The van der Waals surface area contributed by atoms with Crippen LogP contribution in [0.25, 0.3) is 0 Å². The topological polar surface area (TPSA) is 57.8 Å². The molecule has 1 aromatic rings. The van der Waals surface area contributed by atoms with Crippen LogP contribution in [0.5, 0.6) is 0 Å². The van der Waals surface area contributed by atoms with E-state index in [1.807, 2.05) is 0 Å². The van der Waals surface area contributed by atoms with E-state index in [1.165, 1.54) is 12.8 Å². The fourth-order valence-corrected chi connectivity index (χ4v) is 3.01. The second-order valence-electron chi connectivity index (χ2n) is 4.40. The van der Waals surface area contributed by atoms with Crippen molar-refractivity contribution < 1.29 is 0 Å². The summed E-state index contributed by atoms with van der Waals surface area (Å²) in [4.78, 5) is 18.7. The van der Waals surface area contributed by atoms with E-state index >= 15 is 0 Å². The summed E-state index contributed by atoms with van der Waals surface area (Å²) in [6.45, 7) is 3.21. The van der Waals surface area contributed by atoms with E-state index in [2.05, 4.69) is 22.2 Å². The van der Waals surface area contributed by atoms with Crippen molar-refractivity contribution in [3.8, 4) is 0 Å². The summed E-state index contributed by atoms with van der Waals surface area (Å²) in [7, 11) is 0. The molecule has 2 heterocycles. The number of H-pyrrole nitrogens is 1. The van der Waals surface area contributed by atoms with Gasteiger partial charge in [-0.2, -0.15) is 0 Å². The smallest absolute Gasteiger partial charge is 0.251 e. The Morgan fingerprint density at radius 1 is 1.59 bits per heavy atom. The van der Waals surface area contributed by atoms with Crippen LogP contribution < -0.4 is 10.9 Å². The Labute approximate surface area is 106 Å². The minimum atomic E-state index is -0.0367. The molecule has 1 aliphatic heterocycles. The van der Waals surface area contributed by atoms with Gasteiger partial charge in [-0.05, 0) is 25.8 Å². The van der Waals surface area contributed by atoms with Crippen molar-refractivity contribution in [3.05, 3.63) is 22.1 Å². The molecule has 17 heavy (non-hydrogen) atoms. The lowest BCUT2D eigenvalue weighted by Crippen LogP contribution is -2.24. The van der Waals surface area contributed by atoms with Crippen LogP contribution in [0.4, 0.5) is 0 Å². The molecule has 0 bridgehead atoms. The first-order chi connectivity index (χ1) is 8.28. The predicted molar refractivity (Wildman–Crippen MR) is 70.6 cm³/mol. The van der Waals surface area contributed by atoms with Gasteiger partial charge in [0.2, 0.25) is 0 Å². The molecular formula is C12H19N3OS. The number of nitrogens with zero attached hydrogens (tertiary/aromatic N) is 1. The predicted octanol–water partition coefficient (Wildman–Crippen LogP) is 1.57. The second-order valence-corrected chi connectivity index (χ2v) is 5.40. The number of nitrogens with one attached hydrogen (secondary N) is 2. The van der Waals surface area contributed by atoms with Gasteiger partial charge >= 0.3 is 0 Å². The highest BCUT2D eigenvalue weighted by Crippen LogP contribution is 2.17. The van der Waals surface area contributed by atoms with Crippen molar-refractivity contribution in [2.75, 3.05) is 12.3 Å². The SMILES string of the molecule is CCCc1cc(=O)[nH]c(SC[C@H]2CCCN2)n1. The first kappa shape index (κ1) is 12.6. The molecule has 1 atom stereocenters. The molecule has 1 fully saturated rings. The Kier molecular flexibility index (Phi) is 4.62. The lowest BCUT2D eigenvalue weighted by Gasteiger charge is -2.09. The van der Waals surface area contributed by atoms with Crippen molar-refractivity contribution in [2.45, 2.75) is 43.8 Å². The Morgan fingerprint density at radius 2 is 2.47 bits per heavy atom. The van der Waals surface area contributed by atoms with E-state index in [-0.39, 0.29) is 5.56 Å². The molecule has 1 aliphatic rings. The number of aromatic nitrogens is 2. The van der Waals surface area contributed by atoms with Crippen LogP contribution in [0.3, 0.4) is 0 Å². The van der Waals surface area contributed by atoms with Gasteiger partial charge in [-0.3, -0.25) is 4.79 Å². The second kappa shape index (κ2) is 6.21. The molecule has 2 N–H and O–H groups in total. The van der Waals surface area contributed by atoms with Gasteiger partial charge in [0, 0.05) is 23.6 Å². The van der Waals surface area contributed by atoms with Gasteiger partial charge in [-0.15, -0.1) is 0 Å². The van der Waals surface area contributed by atoms with Crippen molar-refractivity contribution in [1.82, 2.24) is 15.3 Å². The summed E-state index contributed by atoms with van der Waals surface area (Å²) in [5, 5.41) is 4.20. The summed E-state index contributed by atoms with van der Waals surface area (Å²) in [6.07, 6.45) is 4.38. The maximum Gasteiger partial charge on any atom is 0.251 e. The summed E-state index contributed by atoms with van der Waals surface area (Å²) >= 11 is 1.64. The van der Waals surface area contributed by atoms with Crippen LogP contribution in [-0.4, -0.2) is 28.3 Å². The summed E-state index contributed by atoms with van der Waals surface area (Å²) in [6, 6.07) is 2.17. The van der Waals surface area contributed by atoms with Gasteiger partial charge in [-0.25, -0.2) is 4.98 Å². The van der Waals surface area contributed by atoms with Crippen LogP contribution in [0.2, 0.25) is 0 Å². The van der Waals surface area contributed by atoms with E-state index < -0.39 is 0 Å². The van der Waals surface area contributed by atoms with Crippen molar-refractivity contribution in [1.29, 1.82) is 0 Å². The van der Waals surface area contributed by atoms with Gasteiger partial charge in [0.1, 0.15) is 0 Å². The maximum absolute atomic E-state index is 11.5. The molecule has 0 radical (unpaired) electrons. The van der Waals surface area contributed by atoms with Crippen molar-refractivity contribution >= 4 is 11.8 Å². The lowest BCUT2D eigenvalue weighted by atomic mass is 10.2. The van der Waals surface area contributed by atoms with Crippen LogP contribution >= 0.6 is 11.8 Å². The molecule has 2 rings (SSSR count). The lowest BCUT2D eigenvalue weighted by molar-refractivity contribution is 0.672. The van der Waals surface area contributed by atoms with Gasteiger partial charge in [0.15, 0.2) is 5.16 Å². The molecular weight excluding hydrogens is 234 g/mol. The Morgan fingerprint density at radius 3 is 3.18 bits per heavy atom. The van der Waals surface area contributed by atoms with Crippen molar-refractivity contribution in [2.24, 2.45) is 0 Å². The molecule has 0 aliphatic carbocycles. The first-order valence-corrected chi connectivity index (χ1v) is 7.23. The molecule has 1 saturated heterocycles. The highest BCUT2D eigenvalue weighted by atomic mass is 32.2. The number of aryl methyl sites for hydroxylation is 1. The monoisotopic (exact) mass is 253 g/mol. The Bertz CT molecular complexity index is 412. The molecule has 0 aromatic carbocycles. The third kappa shape index (κ3) is 3.85. The third-order valence-corrected chi connectivity index (χ3v) is 3.90. The van der Waals surface area contributed by atoms with E-state index in [4.69, 9.17) is 0 Å². The number of aromatic amines is 1. The Balaban J connectivity index is 1.96. The summed E-state index contributed by atoms with van der Waals surface area (Å²) in [5.41, 5.74) is 0.864. The molecule has 1 aromatic heterocycles. The van der Waals surface area contributed by atoms with E-state index in [9.17, 15) is 4.79 Å². The average molecular weight is 253 g/mol. The molecule has 94 valence electrons. The van der Waals surface area contributed by atoms with Gasteiger partial charge in [0.25, 0.3) is 5.56 Å². The molecule has 5 heteroatoms. The molecule has 0 saturated carbocycles. The number of hydrogen-bond donors (Lipinski definition) is 2. The van der Waals surface area contributed by atoms with Gasteiger partial charge in [0.05, 0.1) is 0 Å². The quantitative estimate of drug-likeness (QED) is 0.618. The van der Waals surface area contributed by atoms with Gasteiger partial charge in [-0.1, -0.05) is 25.1 Å². The number of thioether (sulfide) groups is 1. The Hall–Kier alpha value is -0.810. The zero-order valence-corrected chi connectivity index (χ0v) is 11.0. The van der Waals surface area contributed by atoms with Crippen LogP contribution in [0, 0.1) is 0 Å². The average Bonchev–Trinajstić information content (AvgIpc) is 2.79. The summed E-state index contributed by atoms with van der Waals surface area (Å²) in [5.74, 6) is 0.985. The highest BCUT2D eigenvalue weighted by molar-refractivity contribution is 7.99. The normalized spacial score (nSPS) is 19.7. The highest BCUT2D eigenvalue weighted by Gasteiger charge is 2.14. The number of hydrogen-bond acceptors (Lipinski definition) is 4. The molecule has 0 unspecified atom stereocenters. The van der Waals surface area contributed by atoms with E-state index in [0.29, 0.717) is 6.04 Å². The first-order valence-electron chi connectivity index (χ1n) is 6.24. The summed E-state index contributed by atoms with van der Waals surface area (Å²) < 4.78 is 0. The van der Waals surface area contributed by atoms with E-state index in [0.717, 1.165) is 36.0 Å². The van der Waals surface area contributed by atoms with Crippen LogP contribution in [0.15, 0.2) is 16.0 Å². The zero-order chi connectivity index (χ0) is 12.1. The fourth-order valence-electron chi connectivity index (χ4n) is 2.01. The van der Waals surface area contributed by atoms with Crippen LogP contribution in [-0.2, 0) is 6.42 Å². The molecule has 4 nitrogen and oxygen atoms in total. The fraction of sp³-hybridized carbons (Fsp3) is 0.667. The number of rotatable bonds is 5. The minimum Gasteiger partial charge on any atom is -0.313 e. The van der Waals surface area contributed by atoms with Crippen molar-refractivity contribution in [3.63, 3.8) is 0 Å².